The number of hydrogen-bond acceptors (Lipinski definition) is 5. The second kappa shape index (κ2) is 9.25. The lowest BCUT2D eigenvalue weighted by molar-refractivity contribution is -0.132. The molecular weight excluding hydrogens is 444 g/mol. The van der Waals surface area contributed by atoms with Crippen molar-refractivity contribution in [2.75, 3.05) is 24.2 Å². The molecule has 1 aliphatic rings. The number of ether oxygens (including phenoxy) is 1. The summed E-state index contributed by atoms with van der Waals surface area (Å²) in [5, 5.41) is 2.58. The first-order chi connectivity index (χ1) is 13.5. The van der Waals surface area contributed by atoms with E-state index in [9.17, 15) is 14.4 Å². The van der Waals surface area contributed by atoms with Crippen molar-refractivity contribution in [2.45, 2.75) is 12.3 Å². The second-order valence-electron chi connectivity index (χ2n) is 6.08. The molecule has 2 aromatic rings. The minimum Gasteiger partial charge on any atom is -0.462 e. The molecule has 2 amide bonds. The van der Waals surface area contributed by atoms with Crippen LogP contribution in [0.1, 0.15) is 28.2 Å². The highest BCUT2D eigenvalue weighted by atomic mass is 79.9. The predicted octanol–water partition coefficient (Wildman–Crippen LogP) is 3.84. The Morgan fingerprint density at radius 3 is 2.50 bits per heavy atom. The fourth-order valence-electron chi connectivity index (χ4n) is 2.79. The number of amides is 2. The first-order valence-electron chi connectivity index (χ1n) is 8.71. The summed E-state index contributed by atoms with van der Waals surface area (Å²) in [6.07, 6.45) is 0. The Hall–Kier alpha value is -2.32. The summed E-state index contributed by atoms with van der Waals surface area (Å²) in [4.78, 5) is 38.0. The van der Waals surface area contributed by atoms with Crippen LogP contribution in [0.5, 0.6) is 0 Å². The molecule has 0 bridgehead atoms. The lowest BCUT2D eigenvalue weighted by atomic mass is 10.2. The van der Waals surface area contributed by atoms with Crippen molar-refractivity contribution in [3.8, 4) is 0 Å². The molecule has 0 unspecified atom stereocenters. The largest absolute Gasteiger partial charge is 0.462 e. The molecule has 28 heavy (non-hydrogen) atoms. The summed E-state index contributed by atoms with van der Waals surface area (Å²) in [5.74, 6) is -0.410. The van der Waals surface area contributed by atoms with Crippen LogP contribution in [0.3, 0.4) is 0 Å². The molecule has 1 aliphatic heterocycles. The van der Waals surface area contributed by atoms with Gasteiger partial charge in [0, 0.05) is 10.2 Å². The Balaban J connectivity index is 1.63. The SMILES string of the molecule is CCOC(=O)c1ccc(NC(=O)CN2C(=O)CS[C@H]2c2ccc(Br)cc2)cc1. The Bertz CT molecular complexity index is 871. The van der Waals surface area contributed by atoms with Gasteiger partial charge in [-0.05, 0) is 48.9 Å². The highest BCUT2D eigenvalue weighted by Gasteiger charge is 2.34. The topological polar surface area (TPSA) is 75.7 Å². The van der Waals surface area contributed by atoms with Crippen molar-refractivity contribution in [3.63, 3.8) is 0 Å². The van der Waals surface area contributed by atoms with Crippen LogP contribution in [0.2, 0.25) is 0 Å². The predicted molar refractivity (Wildman–Crippen MR) is 112 cm³/mol. The third-order valence-corrected chi connectivity index (χ3v) is 5.90. The minimum atomic E-state index is -0.405. The fraction of sp³-hybridized carbons (Fsp3) is 0.250. The average Bonchev–Trinajstić information content (AvgIpc) is 3.03. The van der Waals surface area contributed by atoms with E-state index in [1.807, 2.05) is 24.3 Å². The van der Waals surface area contributed by atoms with E-state index < -0.39 is 5.97 Å². The van der Waals surface area contributed by atoms with Crippen molar-refractivity contribution >= 4 is 51.2 Å². The van der Waals surface area contributed by atoms with E-state index in [0.29, 0.717) is 23.6 Å². The van der Waals surface area contributed by atoms with E-state index in [1.54, 1.807) is 36.1 Å². The normalized spacial score (nSPS) is 16.1. The lowest BCUT2D eigenvalue weighted by Gasteiger charge is -2.23. The molecule has 1 heterocycles. The molecule has 6 nitrogen and oxygen atoms in total. The minimum absolute atomic E-state index is 0.0355. The first kappa shape index (κ1) is 20.4. The van der Waals surface area contributed by atoms with Crippen LogP contribution < -0.4 is 5.32 Å². The third kappa shape index (κ3) is 4.94. The highest BCUT2D eigenvalue weighted by molar-refractivity contribution is 9.10. The zero-order valence-corrected chi connectivity index (χ0v) is 17.6. The van der Waals surface area contributed by atoms with E-state index in [2.05, 4.69) is 21.2 Å². The van der Waals surface area contributed by atoms with Crippen molar-refractivity contribution in [1.82, 2.24) is 4.90 Å². The van der Waals surface area contributed by atoms with Gasteiger partial charge in [0.1, 0.15) is 11.9 Å². The Morgan fingerprint density at radius 1 is 1.18 bits per heavy atom. The molecule has 0 aromatic heterocycles. The molecule has 1 N–H and O–H groups in total. The smallest absolute Gasteiger partial charge is 0.338 e. The molecule has 146 valence electrons. The summed E-state index contributed by atoms with van der Waals surface area (Å²) in [5.41, 5.74) is 1.95. The molecule has 0 saturated carbocycles. The van der Waals surface area contributed by atoms with Gasteiger partial charge in [0.05, 0.1) is 17.9 Å². The second-order valence-corrected chi connectivity index (χ2v) is 8.07. The quantitative estimate of drug-likeness (QED) is 0.659. The number of nitrogens with one attached hydrogen (secondary N) is 1. The lowest BCUT2D eigenvalue weighted by Crippen LogP contribution is -2.36. The van der Waals surface area contributed by atoms with E-state index in [4.69, 9.17) is 4.74 Å². The Kier molecular flexibility index (Phi) is 6.74. The van der Waals surface area contributed by atoms with Gasteiger partial charge in [-0.3, -0.25) is 9.59 Å². The maximum Gasteiger partial charge on any atom is 0.338 e. The van der Waals surface area contributed by atoms with Gasteiger partial charge in [0.2, 0.25) is 11.8 Å². The van der Waals surface area contributed by atoms with Crippen molar-refractivity contribution in [1.29, 1.82) is 0 Å². The van der Waals surface area contributed by atoms with Gasteiger partial charge in [-0.15, -0.1) is 11.8 Å². The third-order valence-electron chi connectivity index (χ3n) is 4.12. The van der Waals surface area contributed by atoms with Gasteiger partial charge in [-0.1, -0.05) is 28.1 Å². The number of carbonyl (C=O) groups is 3. The molecule has 0 aliphatic carbocycles. The van der Waals surface area contributed by atoms with Crippen LogP contribution in [-0.2, 0) is 14.3 Å². The van der Waals surface area contributed by atoms with Crippen LogP contribution in [0.25, 0.3) is 0 Å². The van der Waals surface area contributed by atoms with Crippen LogP contribution in [0.4, 0.5) is 5.69 Å². The molecule has 1 saturated heterocycles. The number of thioether (sulfide) groups is 1. The van der Waals surface area contributed by atoms with Gasteiger partial charge in [-0.2, -0.15) is 0 Å². The average molecular weight is 463 g/mol. The van der Waals surface area contributed by atoms with E-state index in [1.165, 1.54) is 11.8 Å². The summed E-state index contributed by atoms with van der Waals surface area (Å²) >= 11 is 4.91. The molecule has 3 rings (SSSR count). The number of halogens is 1. The Labute approximate surface area is 175 Å². The van der Waals surface area contributed by atoms with Gasteiger partial charge >= 0.3 is 5.97 Å². The summed E-state index contributed by atoms with van der Waals surface area (Å²) < 4.78 is 5.89. The monoisotopic (exact) mass is 462 g/mol. The van der Waals surface area contributed by atoms with Crippen LogP contribution >= 0.6 is 27.7 Å². The van der Waals surface area contributed by atoms with Crippen molar-refractivity contribution in [2.24, 2.45) is 0 Å². The first-order valence-corrected chi connectivity index (χ1v) is 10.6. The van der Waals surface area contributed by atoms with Gasteiger partial charge in [0.25, 0.3) is 0 Å². The van der Waals surface area contributed by atoms with Crippen LogP contribution in [0.15, 0.2) is 53.0 Å². The van der Waals surface area contributed by atoms with E-state index >= 15 is 0 Å². The van der Waals surface area contributed by atoms with Crippen molar-refractivity contribution < 1.29 is 19.1 Å². The molecule has 0 spiro atoms. The number of rotatable bonds is 6. The van der Waals surface area contributed by atoms with Gasteiger partial charge in [-0.25, -0.2) is 4.79 Å². The van der Waals surface area contributed by atoms with Crippen LogP contribution in [0, 0.1) is 0 Å². The summed E-state index contributed by atoms with van der Waals surface area (Å²) in [6.45, 7) is 2.01. The molecular formula is C20H19BrN2O4S. The maximum absolute atomic E-state index is 12.5. The van der Waals surface area contributed by atoms with E-state index in [-0.39, 0.29) is 23.7 Å². The molecule has 8 heteroatoms. The highest BCUT2D eigenvalue weighted by Crippen LogP contribution is 2.38. The maximum atomic E-state index is 12.5. The number of nitrogens with zero attached hydrogens (tertiary/aromatic N) is 1. The number of carbonyl (C=O) groups excluding carboxylic acids is 3. The van der Waals surface area contributed by atoms with Crippen LogP contribution in [-0.4, -0.2) is 41.6 Å². The molecule has 2 aromatic carbocycles. The van der Waals surface area contributed by atoms with E-state index in [0.717, 1.165) is 10.0 Å². The van der Waals surface area contributed by atoms with Gasteiger partial charge in [0.15, 0.2) is 0 Å². The Morgan fingerprint density at radius 2 is 1.86 bits per heavy atom. The number of hydrogen-bond donors (Lipinski definition) is 1. The summed E-state index contributed by atoms with van der Waals surface area (Å²) in [7, 11) is 0. The number of benzene rings is 2. The molecule has 1 fully saturated rings. The molecule has 0 radical (unpaired) electrons. The fourth-order valence-corrected chi connectivity index (χ4v) is 4.24. The van der Waals surface area contributed by atoms with Crippen molar-refractivity contribution in [3.05, 3.63) is 64.1 Å². The molecule has 1 atom stereocenters. The zero-order chi connectivity index (χ0) is 20.1. The zero-order valence-electron chi connectivity index (χ0n) is 15.2. The number of anilines is 1. The summed E-state index contributed by atoms with van der Waals surface area (Å²) in [6, 6.07) is 14.2. The van der Waals surface area contributed by atoms with Gasteiger partial charge < -0.3 is 15.0 Å². The number of esters is 1. The standard InChI is InChI=1S/C20H19BrN2O4S/c1-2-27-20(26)14-5-9-16(10-6-14)22-17(24)11-23-18(25)12-28-19(23)13-3-7-15(21)8-4-13/h3-10,19H,2,11-12H2,1H3,(H,22,24)/t19-/m0/s1.